The predicted molar refractivity (Wildman–Crippen MR) is 135 cm³/mol. The van der Waals surface area contributed by atoms with Gasteiger partial charge >= 0.3 is 6.03 Å². The summed E-state index contributed by atoms with van der Waals surface area (Å²) in [6, 6.07) is 17.3. The molecule has 4 rings (SSSR count). The van der Waals surface area contributed by atoms with E-state index in [1.165, 1.54) is 25.3 Å². The third kappa shape index (κ3) is 5.89. The smallest absolute Gasteiger partial charge is 0.329 e. The molecule has 184 valence electrons. The number of ether oxygens (including phenoxy) is 2. The maximum atomic E-state index is 13.5. The minimum atomic E-state index is -0.723. The molecule has 0 saturated carbocycles. The summed E-state index contributed by atoms with van der Waals surface area (Å²) in [5.74, 6) is -0.728. The zero-order chi connectivity index (χ0) is 25.7. The third-order valence-corrected chi connectivity index (χ3v) is 5.69. The van der Waals surface area contributed by atoms with Crippen LogP contribution in [0.4, 0.5) is 14.9 Å². The van der Waals surface area contributed by atoms with Crippen LogP contribution in [-0.4, -0.2) is 36.4 Å². The molecule has 1 aliphatic rings. The molecule has 10 heteroatoms. The Labute approximate surface area is 214 Å². The number of carbonyl (C=O) groups is 3. The molecule has 0 unspecified atom stereocenters. The summed E-state index contributed by atoms with van der Waals surface area (Å²) < 4.78 is 25.2. The van der Waals surface area contributed by atoms with Crippen molar-refractivity contribution >= 4 is 45.5 Å². The number of rotatable bonds is 8. The highest BCUT2D eigenvalue weighted by molar-refractivity contribution is 9.10. The first-order chi connectivity index (χ1) is 17.3. The number of hydrogen-bond donors (Lipinski definition) is 2. The number of methoxy groups -OCH3 is 1. The van der Waals surface area contributed by atoms with Crippen molar-refractivity contribution in [2.24, 2.45) is 0 Å². The molecule has 1 heterocycles. The van der Waals surface area contributed by atoms with Gasteiger partial charge in [0.2, 0.25) is 5.91 Å². The molecule has 0 spiro atoms. The standard InChI is InChI=1S/C26H21BrFN3O5/c1-35-23-8-3-2-7-20(23)29-24(32)14-31-25(33)21(30-26(31)34)13-17-12-18(27)9-10-22(17)36-15-16-5-4-6-19(28)11-16/h2-13H,14-15H2,1H3,(H,29,32)(H,30,34)/b21-13+. The van der Waals surface area contributed by atoms with Gasteiger partial charge in [0.25, 0.3) is 5.91 Å². The Morgan fingerprint density at radius 3 is 2.67 bits per heavy atom. The van der Waals surface area contributed by atoms with E-state index < -0.39 is 24.4 Å². The number of nitrogens with one attached hydrogen (secondary N) is 2. The second-order valence-electron chi connectivity index (χ2n) is 7.73. The van der Waals surface area contributed by atoms with Gasteiger partial charge in [-0.15, -0.1) is 0 Å². The molecule has 3 aromatic rings. The third-order valence-electron chi connectivity index (χ3n) is 5.20. The van der Waals surface area contributed by atoms with Crippen molar-refractivity contribution in [1.82, 2.24) is 10.2 Å². The zero-order valence-electron chi connectivity index (χ0n) is 19.1. The first-order valence-electron chi connectivity index (χ1n) is 10.8. The number of para-hydroxylation sites is 2. The average Bonchev–Trinajstić information content (AvgIpc) is 3.11. The Hall–Kier alpha value is -4.18. The molecular formula is C26H21BrFN3O5. The quantitative estimate of drug-likeness (QED) is 0.311. The SMILES string of the molecule is COc1ccccc1NC(=O)CN1C(=O)N/C(=C/c2cc(Br)ccc2OCc2cccc(F)c2)C1=O. The van der Waals surface area contributed by atoms with Crippen LogP contribution in [0.2, 0.25) is 0 Å². The molecule has 0 aromatic heterocycles. The van der Waals surface area contributed by atoms with Crippen LogP contribution >= 0.6 is 15.9 Å². The Balaban J connectivity index is 1.49. The summed E-state index contributed by atoms with van der Waals surface area (Å²) >= 11 is 3.39. The molecule has 36 heavy (non-hydrogen) atoms. The number of nitrogens with zero attached hydrogens (tertiary/aromatic N) is 1. The van der Waals surface area contributed by atoms with E-state index in [2.05, 4.69) is 26.6 Å². The molecule has 8 nitrogen and oxygen atoms in total. The second-order valence-corrected chi connectivity index (χ2v) is 8.64. The molecule has 0 atom stereocenters. The van der Waals surface area contributed by atoms with E-state index in [1.807, 2.05) is 0 Å². The van der Waals surface area contributed by atoms with Gasteiger partial charge in [0.1, 0.15) is 36.2 Å². The molecule has 0 bridgehead atoms. The van der Waals surface area contributed by atoms with Gasteiger partial charge in [-0.1, -0.05) is 40.2 Å². The molecule has 2 N–H and O–H groups in total. The van der Waals surface area contributed by atoms with E-state index in [-0.39, 0.29) is 18.1 Å². The molecule has 1 fully saturated rings. The van der Waals surface area contributed by atoms with Crippen LogP contribution in [0.15, 0.2) is 76.9 Å². The summed E-state index contributed by atoms with van der Waals surface area (Å²) in [4.78, 5) is 38.7. The molecule has 0 radical (unpaired) electrons. The molecule has 1 saturated heterocycles. The zero-order valence-corrected chi connectivity index (χ0v) is 20.7. The van der Waals surface area contributed by atoms with Gasteiger partial charge < -0.3 is 20.1 Å². The highest BCUT2D eigenvalue weighted by atomic mass is 79.9. The molecular weight excluding hydrogens is 533 g/mol. The van der Waals surface area contributed by atoms with E-state index in [9.17, 15) is 18.8 Å². The largest absolute Gasteiger partial charge is 0.495 e. The van der Waals surface area contributed by atoms with Crippen molar-refractivity contribution in [2.45, 2.75) is 6.61 Å². The van der Waals surface area contributed by atoms with Gasteiger partial charge in [-0.05, 0) is 54.1 Å². The van der Waals surface area contributed by atoms with Crippen molar-refractivity contribution in [3.63, 3.8) is 0 Å². The number of anilines is 1. The topological polar surface area (TPSA) is 97.0 Å². The number of amides is 4. The minimum Gasteiger partial charge on any atom is -0.495 e. The van der Waals surface area contributed by atoms with Gasteiger partial charge in [0.15, 0.2) is 0 Å². The number of carbonyl (C=O) groups excluding carboxylic acids is 3. The highest BCUT2D eigenvalue weighted by Gasteiger charge is 2.35. The number of urea groups is 1. The second kappa shape index (κ2) is 11.0. The Morgan fingerprint density at radius 2 is 1.89 bits per heavy atom. The lowest BCUT2D eigenvalue weighted by Crippen LogP contribution is -2.38. The summed E-state index contributed by atoms with van der Waals surface area (Å²) in [5, 5.41) is 5.13. The van der Waals surface area contributed by atoms with Gasteiger partial charge in [-0.25, -0.2) is 14.1 Å². The van der Waals surface area contributed by atoms with Crippen LogP contribution in [0.3, 0.4) is 0 Å². The number of benzene rings is 3. The predicted octanol–water partition coefficient (Wildman–Crippen LogP) is 4.71. The summed E-state index contributed by atoms with van der Waals surface area (Å²) in [7, 11) is 1.47. The minimum absolute atomic E-state index is 0.0150. The first-order valence-corrected chi connectivity index (χ1v) is 11.6. The fraction of sp³-hybridized carbons (Fsp3) is 0.115. The summed E-state index contributed by atoms with van der Waals surface area (Å²) in [5.41, 5.74) is 1.54. The van der Waals surface area contributed by atoms with Crippen molar-refractivity contribution in [3.8, 4) is 11.5 Å². The Morgan fingerprint density at radius 1 is 1.08 bits per heavy atom. The maximum absolute atomic E-state index is 13.5. The van der Waals surface area contributed by atoms with E-state index >= 15 is 0 Å². The van der Waals surface area contributed by atoms with Crippen LogP contribution in [0.5, 0.6) is 11.5 Å². The summed E-state index contributed by atoms with van der Waals surface area (Å²) in [6.07, 6.45) is 1.46. The van der Waals surface area contributed by atoms with E-state index in [4.69, 9.17) is 9.47 Å². The van der Waals surface area contributed by atoms with E-state index in [0.29, 0.717) is 28.3 Å². The Kier molecular flexibility index (Phi) is 7.65. The average molecular weight is 554 g/mol. The van der Waals surface area contributed by atoms with Crippen molar-refractivity contribution < 1.29 is 28.2 Å². The monoisotopic (exact) mass is 553 g/mol. The number of halogens is 2. The molecule has 4 amide bonds. The van der Waals surface area contributed by atoms with Crippen LogP contribution < -0.4 is 20.1 Å². The lowest BCUT2D eigenvalue weighted by atomic mass is 10.1. The van der Waals surface area contributed by atoms with Crippen LogP contribution in [-0.2, 0) is 16.2 Å². The van der Waals surface area contributed by atoms with Crippen LogP contribution in [0.25, 0.3) is 6.08 Å². The summed E-state index contributed by atoms with van der Waals surface area (Å²) in [6.45, 7) is -0.382. The Bertz CT molecular complexity index is 1360. The van der Waals surface area contributed by atoms with E-state index in [1.54, 1.807) is 54.6 Å². The number of hydrogen-bond acceptors (Lipinski definition) is 5. The first kappa shape index (κ1) is 24.9. The van der Waals surface area contributed by atoms with Crippen LogP contribution in [0, 0.1) is 5.82 Å². The fourth-order valence-electron chi connectivity index (χ4n) is 3.50. The van der Waals surface area contributed by atoms with Crippen molar-refractivity contribution in [1.29, 1.82) is 0 Å². The maximum Gasteiger partial charge on any atom is 0.329 e. The molecule has 0 aliphatic carbocycles. The normalized spacial score (nSPS) is 14.1. The van der Waals surface area contributed by atoms with Crippen molar-refractivity contribution in [3.05, 3.63) is 93.8 Å². The van der Waals surface area contributed by atoms with Gasteiger partial charge in [-0.2, -0.15) is 0 Å². The van der Waals surface area contributed by atoms with Gasteiger partial charge in [-0.3, -0.25) is 9.59 Å². The number of imide groups is 1. The highest BCUT2D eigenvalue weighted by Crippen LogP contribution is 2.28. The lowest BCUT2D eigenvalue weighted by molar-refractivity contribution is -0.127. The van der Waals surface area contributed by atoms with Gasteiger partial charge in [0.05, 0.1) is 12.8 Å². The molecule has 3 aromatic carbocycles. The van der Waals surface area contributed by atoms with Gasteiger partial charge in [0, 0.05) is 10.0 Å². The fourth-order valence-corrected chi connectivity index (χ4v) is 3.88. The lowest BCUT2D eigenvalue weighted by Gasteiger charge is -2.13. The van der Waals surface area contributed by atoms with E-state index in [0.717, 1.165) is 9.37 Å². The van der Waals surface area contributed by atoms with Crippen LogP contribution in [0.1, 0.15) is 11.1 Å². The molecule has 1 aliphatic heterocycles. The van der Waals surface area contributed by atoms with Crippen molar-refractivity contribution in [2.75, 3.05) is 19.0 Å².